The Bertz CT molecular complexity index is 523. The van der Waals surface area contributed by atoms with Crippen molar-refractivity contribution >= 4 is 0 Å². The molecule has 0 saturated carbocycles. The number of aryl methyl sites for hydroxylation is 1. The van der Waals surface area contributed by atoms with Crippen LogP contribution in [0.4, 0.5) is 4.39 Å². The maximum atomic E-state index is 12.8. The third-order valence-corrected chi connectivity index (χ3v) is 2.66. The number of hydrogen-bond acceptors (Lipinski definition) is 2. The number of rotatable bonds is 4. The van der Waals surface area contributed by atoms with Crippen LogP contribution in [-0.4, -0.2) is 7.05 Å². The van der Waals surface area contributed by atoms with E-state index in [0.29, 0.717) is 5.75 Å². The lowest BCUT2D eigenvalue weighted by Crippen LogP contribution is -2.05. The Labute approximate surface area is 106 Å². The van der Waals surface area contributed by atoms with E-state index in [9.17, 15) is 4.39 Å². The van der Waals surface area contributed by atoms with Crippen molar-refractivity contribution in [3.05, 3.63) is 59.4 Å². The Kier molecular flexibility index (Phi) is 3.95. The van der Waals surface area contributed by atoms with E-state index in [0.717, 1.165) is 17.9 Å². The van der Waals surface area contributed by atoms with Gasteiger partial charge in [-0.15, -0.1) is 0 Å². The second-order valence-electron chi connectivity index (χ2n) is 4.19. The molecule has 0 unspecified atom stereocenters. The van der Waals surface area contributed by atoms with Gasteiger partial charge in [-0.1, -0.05) is 12.1 Å². The Hall–Kier alpha value is -1.87. The van der Waals surface area contributed by atoms with Crippen LogP contribution in [-0.2, 0) is 6.54 Å². The number of benzene rings is 2. The van der Waals surface area contributed by atoms with Crippen molar-refractivity contribution in [1.29, 1.82) is 0 Å². The molecule has 1 N–H and O–H groups in total. The van der Waals surface area contributed by atoms with Crippen LogP contribution >= 0.6 is 0 Å². The van der Waals surface area contributed by atoms with Gasteiger partial charge in [0, 0.05) is 6.54 Å². The highest BCUT2D eigenvalue weighted by atomic mass is 19.1. The summed E-state index contributed by atoms with van der Waals surface area (Å²) in [6, 6.07) is 12.1. The lowest BCUT2D eigenvalue weighted by Gasteiger charge is -2.10. The summed E-state index contributed by atoms with van der Waals surface area (Å²) in [7, 11) is 1.91. The Morgan fingerprint density at radius 2 is 1.83 bits per heavy atom. The van der Waals surface area contributed by atoms with E-state index in [1.807, 2.05) is 26.1 Å². The minimum atomic E-state index is -0.261. The molecule has 3 heteroatoms. The summed E-state index contributed by atoms with van der Waals surface area (Å²) < 4.78 is 18.5. The van der Waals surface area contributed by atoms with Crippen LogP contribution in [0.15, 0.2) is 42.5 Å². The zero-order valence-corrected chi connectivity index (χ0v) is 10.5. The van der Waals surface area contributed by atoms with Gasteiger partial charge < -0.3 is 10.1 Å². The molecular formula is C15H16FNO. The lowest BCUT2D eigenvalue weighted by molar-refractivity contribution is 0.476. The summed E-state index contributed by atoms with van der Waals surface area (Å²) >= 11 is 0. The third kappa shape index (κ3) is 3.08. The monoisotopic (exact) mass is 245 g/mol. The van der Waals surface area contributed by atoms with Crippen LogP contribution in [0, 0.1) is 12.7 Å². The SMILES string of the molecule is CNCc1ccc(Oc2ccc(F)cc2)c(C)c1. The van der Waals surface area contributed by atoms with Gasteiger partial charge in [-0.3, -0.25) is 0 Å². The van der Waals surface area contributed by atoms with Crippen molar-refractivity contribution in [1.82, 2.24) is 5.32 Å². The quantitative estimate of drug-likeness (QED) is 0.887. The van der Waals surface area contributed by atoms with E-state index >= 15 is 0 Å². The summed E-state index contributed by atoms with van der Waals surface area (Å²) in [4.78, 5) is 0. The first kappa shape index (κ1) is 12.6. The van der Waals surface area contributed by atoms with Gasteiger partial charge in [-0.2, -0.15) is 0 Å². The van der Waals surface area contributed by atoms with Crippen LogP contribution in [0.25, 0.3) is 0 Å². The fraction of sp³-hybridized carbons (Fsp3) is 0.200. The molecule has 2 nitrogen and oxygen atoms in total. The van der Waals surface area contributed by atoms with Gasteiger partial charge in [-0.05, 0) is 55.4 Å². The third-order valence-electron chi connectivity index (χ3n) is 2.66. The molecule has 94 valence electrons. The average molecular weight is 245 g/mol. The normalized spacial score (nSPS) is 10.4. The van der Waals surface area contributed by atoms with Crippen molar-refractivity contribution in [2.24, 2.45) is 0 Å². The Morgan fingerprint density at radius 3 is 2.44 bits per heavy atom. The van der Waals surface area contributed by atoms with Crippen molar-refractivity contribution in [3.63, 3.8) is 0 Å². The smallest absolute Gasteiger partial charge is 0.130 e. The zero-order valence-electron chi connectivity index (χ0n) is 10.5. The predicted molar refractivity (Wildman–Crippen MR) is 70.4 cm³/mol. The van der Waals surface area contributed by atoms with Gasteiger partial charge >= 0.3 is 0 Å². The molecule has 2 rings (SSSR count). The predicted octanol–water partition coefficient (Wildman–Crippen LogP) is 3.65. The van der Waals surface area contributed by atoms with E-state index < -0.39 is 0 Å². The van der Waals surface area contributed by atoms with E-state index in [-0.39, 0.29) is 5.82 Å². The van der Waals surface area contributed by atoms with Gasteiger partial charge in [0.15, 0.2) is 0 Å². The van der Waals surface area contributed by atoms with Crippen LogP contribution in [0.3, 0.4) is 0 Å². The van der Waals surface area contributed by atoms with Crippen molar-refractivity contribution in [2.75, 3.05) is 7.05 Å². The molecule has 0 bridgehead atoms. The molecule has 0 saturated heterocycles. The summed E-state index contributed by atoms with van der Waals surface area (Å²) in [6.45, 7) is 2.83. The molecular weight excluding hydrogens is 229 g/mol. The average Bonchev–Trinajstić information content (AvgIpc) is 2.36. The lowest BCUT2D eigenvalue weighted by atomic mass is 10.1. The van der Waals surface area contributed by atoms with Gasteiger partial charge in [0.25, 0.3) is 0 Å². The molecule has 2 aromatic rings. The standard InChI is InChI=1S/C15H16FNO/c1-11-9-12(10-17-2)3-8-15(11)18-14-6-4-13(16)5-7-14/h3-9,17H,10H2,1-2H3. The molecule has 0 aliphatic heterocycles. The summed E-state index contributed by atoms with van der Waals surface area (Å²) in [5.41, 5.74) is 2.27. The van der Waals surface area contributed by atoms with E-state index in [1.165, 1.54) is 17.7 Å². The Balaban J connectivity index is 2.16. The Morgan fingerprint density at radius 1 is 1.11 bits per heavy atom. The molecule has 18 heavy (non-hydrogen) atoms. The highest BCUT2D eigenvalue weighted by Crippen LogP contribution is 2.25. The number of halogens is 1. The second kappa shape index (κ2) is 5.65. The summed E-state index contributed by atoms with van der Waals surface area (Å²) in [5.74, 6) is 1.17. The first-order valence-corrected chi connectivity index (χ1v) is 5.86. The minimum Gasteiger partial charge on any atom is -0.457 e. The molecule has 2 aromatic carbocycles. The van der Waals surface area contributed by atoms with E-state index in [1.54, 1.807) is 12.1 Å². The fourth-order valence-electron chi connectivity index (χ4n) is 1.77. The molecule has 0 spiro atoms. The summed E-state index contributed by atoms with van der Waals surface area (Å²) in [5, 5.41) is 3.10. The highest BCUT2D eigenvalue weighted by Gasteiger charge is 2.03. The minimum absolute atomic E-state index is 0.261. The van der Waals surface area contributed by atoms with Crippen LogP contribution in [0.1, 0.15) is 11.1 Å². The number of nitrogens with one attached hydrogen (secondary N) is 1. The fourth-order valence-corrected chi connectivity index (χ4v) is 1.77. The van der Waals surface area contributed by atoms with Gasteiger partial charge in [-0.25, -0.2) is 4.39 Å². The second-order valence-corrected chi connectivity index (χ2v) is 4.19. The maximum Gasteiger partial charge on any atom is 0.130 e. The highest BCUT2D eigenvalue weighted by molar-refractivity contribution is 5.39. The molecule has 0 atom stereocenters. The number of ether oxygens (including phenoxy) is 1. The molecule has 0 aliphatic rings. The zero-order chi connectivity index (χ0) is 13.0. The topological polar surface area (TPSA) is 21.3 Å². The van der Waals surface area contributed by atoms with Gasteiger partial charge in [0.1, 0.15) is 17.3 Å². The van der Waals surface area contributed by atoms with Crippen molar-refractivity contribution in [3.8, 4) is 11.5 Å². The van der Waals surface area contributed by atoms with E-state index in [4.69, 9.17) is 4.74 Å². The van der Waals surface area contributed by atoms with E-state index in [2.05, 4.69) is 11.4 Å². The van der Waals surface area contributed by atoms with Crippen molar-refractivity contribution in [2.45, 2.75) is 13.5 Å². The van der Waals surface area contributed by atoms with Crippen LogP contribution < -0.4 is 10.1 Å². The maximum absolute atomic E-state index is 12.8. The van der Waals surface area contributed by atoms with Gasteiger partial charge in [0.05, 0.1) is 0 Å². The molecule has 0 radical (unpaired) electrons. The first-order valence-electron chi connectivity index (χ1n) is 5.86. The largest absolute Gasteiger partial charge is 0.457 e. The van der Waals surface area contributed by atoms with Crippen LogP contribution in [0.2, 0.25) is 0 Å². The molecule has 0 fully saturated rings. The number of hydrogen-bond donors (Lipinski definition) is 1. The molecule has 0 amide bonds. The van der Waals surface area contributed by atoms with Crippen LogP contribution in [0.5, 0.6) is 11.5 Å². The summed E-state index contributed by atoms with van der Waals surface area (Å²) in [6.07, 6.45) is 0. The molecule has 0 aliphatic carbocycles. The van der Waals surface area contributed by atoms with Gasteiger partial charge in [0.2, 0.25) is 0 Å². The van der Waals surface area contributed by atoms with Crippen molar-refractivity contribution < 1.29 is 9.13 Å². The molecule has 0 aromatic heterocycles. The molecule has 0 heterocycles. The first-order chi connectivity index (χ1) is 8.69.